The number of rotatable bonds is 2. The zero-order valence-electron chi connectivity index (χ0n) is 10.2. The number of morpholine rings is 1. The second-order valence-corrected chi connectivity index (χ2v) is 5.14. The van der Waals surface area contributed by atoms with Crippen LogP contribution >= 0.6 is 23.8 Å². The van der Waals surface area contributed by atoms with E-state index in [0.29, 0.717) is 0 Å². The molecule has 1 aliphatic rings. The maximum absolute atomic E-state index is 13.7. The van der Waals surface area contributed by atoms with E-state index in [-0.39, 0.29) is 35.3 Å². The zero-order valence-corrected chi connectivity index (χ0v) is 11.8. The fraction of sp³-hybridized carbons (Fsp3) is 0.333. The van der Waals surface area contributed by atoms with Crippen molar-refractivity contribution in [3.63, 3.8) is 0 Å². The first kappa shape index (κ1) is 15.1. The Hall–Kier alpha value is -1.31. The van der Waals surface area contributed by atoms with Crippen molar-refractivity contribution in [1.29, 1.82) is 0 Å². The Labute approximate surface area is 124 Å². The molecule has 1 aromatic carbocycles. The quantitative estimate of drug-likeness (QED) is 0.666. The van der Waals surface area contributed by atoms with E-state index in [1.165, 1.54) is 4.90 Å². The van der Waals surface area contributed by atoms with Crippen molar-refractivity contribution >= 4 is 34.7 Å². The normalized spacial score (nSPS) is 18.9. The molecule has 0 spiro atoms. The Morgan fingerprint density at radius 3 is 2.80 bits per heavy atom. The summed E-state index contributed by atoms with van der Waals surface area (Å²) in [5.41, 5.74) is 5.08. The summed E-state index contributed by atoms with van der Waals surface area (Å²) >= 11 is 10.2. The molecule has 0 saturated carbocycles. The Morgan fingerprint density at radius 1 is 1.45 bits per heavy atom. The predicted molar refractivity (Wildman–Crippen MR) is 73.8 cm³/mol. The second-order valence-electron chi connectivity index (χ2n) is 4.26. The lowest BCUT2D eigenvalue weighted by Gasteiger charge is -2.32. The van der Waals surface area contributed by atoms with Gasteiger partial charge in [-0.2, -0.15) is 0 Å². The molecule has 1 saturated heterocycles. The van der Waals surface area contributed by atoms with Gasteiger partial charge in [0, 0.05) is 6.54 Å². The van der Waals surface area contributed by atoms with Crippen LogP contribution < -0.4 is 5.73 Å². The lowest BCUT2D eigenvalue weighted by Crippen LogP contribution is -2.50. The second kappa shape index (κ2) is 5.99. The Morgan fingerprint density at radius 2 is 2.15 bits per heavy atom. The number of ether oxygens (including phenoxy) is 1. The number of nitrogens with zero attached hydrogens (tertiary/aromatic N) is 1. The standard InChI is InChI=1S/C12H11ClF2N2O2S/c13-7-4-8(14)6(3-9(7)15)12(18)17-1-2-19-10(5-17)11(16)20/h3-4,10H,1-2,5H2,(H2,16,20). The van der Waals surface area contributed by atoms with Crippen LogP contribution in [-0.2, 0) is 4.74 Å². The number of halogens is 3. The van der Waals surface area contributed by atoms with Crippen LogP contribution in [0.2, 0.25) is 5.02 Å². The molecule has 20 heavy (non-hydrogen) atoms. The molecule has 2 rings (SSSR count). The predicted octanol–water partition coefficient (Wildman–Crippen LogP) is 1.75. The number of nitrogens with two attached hydrogens (primary N) is 1. The van der Waals surface area contributed by atoms with Gasteiger partial charge in [-0.25, -0.2) is 8.78 Å². The van der Waals surface area contributed by atoms with Gasteiger partial charge in [0.1, 0.15) is 22.7 Å². The van der Waals surface area contributed by atoms with Crippen molar-refractivity contribution in [3.8, 4) is 0 Å². The van der Waals surface area contributed by atoms with Crippen LogP contribution in [0, 0.1) is 11.6 Å². The van der Waals surface area contributed by atoms with E-state index in [2.05, 4.69) is 0 Å². The molecular weight excluding hydrogens is 310 g/mol. The fourth-order valence-corrected chi connectivity index (χ4v) is 2.16. The average molecular weight is 321 g/mol. The molecule has 0 radical (unpaired) electrons. The molecule has 1 heterocycles. The van der Waals surface area contributed by atoms with Crippen LogP contribution in [0.4, 0.5) is 8.78 Å². The van der Waals surface area contributed by atoms with Crippen molar-refractivity contribution in [1.82, 2.24) is 4.90 Å². The highest BCUT2D eigenvalue weighted by molar-refractivity contribution is 7.80. The highest BCUT2D eigenvalue weighted by Crippen LogP contribution is 2.21. The maximum Gasteiger partial charge on any atom is 0.257 e. The van der Waals surface area contributed by atoms with Gasteiger partial charge in [-0.05, 0) is 12.1 Å². The topological polar surface area (TPSA) is 55.6 Å². The van der Waals surface area contributed by atoms with Gasteiger partial charge in [0.15, 0.2) is 0 Å². The highest BCUT2D eigenvalue weighted by Gasteiger charge is 2.28. The molecular formula is C12H11ClF2N2O2S. The molecule has 1 aromatic rings. The molecule has 108 valence electrons. The number of hydrogen-bond acceptors (Lipinski definition) is 3. The largest absolute Gasteiger partial charge is 0.391 e. The third-order valence-electron chi connectivity index (χ3n) is 2.91. The Kier molecular flexibility index (Phi) is 4.52. The molecule has 0 bridgehead atoms. The summed E-state index contributed by atoms with van der Waals surface area (Å²) in [4.78, 5) is 13.6. The number of carbonyl (C=O) groups excluding carboxylic acids is 1. The van der Waals surface area contributed by atoms with Crippen molar-refractivity contribution in [2.24, 2.45) is 5.73 Å². The minimum Gasteiger partial charge on any atom is -0.391 e. The first-order chi connectivity index (χ1) is 9.40. The van der Waals surface area contributed by atoms with Gasteiger partial charge in [-0.15, -0.1) is 0 Å². The third-order valence-corrected chi connectivity index (χ3v) is 3.46. The van der Waals surface area contributed by atoms with Crippen molar-refractivity contribution in [2.45, 2.75) is 6.10 Å². The van der Waals surface area contributed by atoms with Crippen LogP contribution in [0.1, 0.15) is 10.4 Å². The summed E-state index contributed by atoms with van der Waals surface area (Å²) in [5, 5.41) is -0.373. The number of hydrogen-bond donors (Lipinski definition) is 1. The van der Waals surface area contributed by atoms with Crippen molar-refractivity contribution in [3.05, 3.63) is 34.4 Å². The average Bonchev–Trinajstić information content (AvgIpc) is 2.42. The first-order valence-corrected chi connectivity index (χ1v) is 6.53. The van der Waals surface area contributed by atoms with Crippen LogP contribution in [0.25, 0.3) is 0 Å². The summed E-state index contributed by atoms with van der Waals surface area (Å²) in [7, 11) is 0. The molecule has 1 amide bonds. The van der Waals surface area contributed by atoms with Gasteiger partial charge in [-0.1, -0.05) is 23.8 Å². The summed E-state index contributed by atoms with van der Waals surface area (Å²) in [6.45, 7) is 0.588. The Bertz CT molecular complexity index is 571. The molecule has 4 nitrogen and oxygen atoms in total. The van der Waals surface area contributed by atoms with E-state index in [4.69, 9.17) is 34.3 Å². The van der Waals surface area contributed by atoms with Crippen LogP contribution in [0.15, 0.2) is 12.1 Å². The highest BCUT2D eigenvalue weighted by atomic mass is 35.5. The van der Waals surface area contributed by atoms with Gasteiger partial charge in [-0.3, -0.25) is 4.79 Å². The van der Waals surface area contributed by atoms with Crippen LogP contribution in [-0.4, -0.2) is 41.6 Å². The van der Waals surface area contributed by atoms with E-state index >= 15 is 0 Å². The Balaban J connectivity index is 2.23. The minimum absolute atomic E-state index is 0.109. The number of benzene rings is 1. The summed E-state index contributed by atoms with van der Waals surface area (Å²) in [6, 6.07) is 1.56. The number of carbonyl (C=O) groups is 1. The molecule has 2 N–H and O–H groups in total. The van der Waals surface area contributed by atoms with Gasteiger partial charge >= 0.3 is 0 Å². The minimum atomic E-state index is -0.875. The fourth-order valence-electron chi connectivity index (χ4n) is 1.86. The number of amides is 1. The summed E-state index contributed by atoms with van der Waals surface area (Å²) in [5.74, 6) is -2.38. The molecule has 0 aromatic heterocycles. The van der Waals surface area contributed by atoms with E-state index in [9.17, 15) is 13.6 Å². The third kappa shape index (κ3) is 3.05. The van der Waals surface area contributed by atoms with Crippen molar-refractivity contribution < 1.29 is 18.3 Å². The van der Waals surface area contributed by atoms with Crippen LogP contribution in [0.5, 0.6) is 0 Å². The van der Waals surface area contributed by atoms with Gasteiger partial charge in [0.25, 0.3) is 5.91 Å². The van der Waals surface area contributed by atoms with Gasteiger partial charge in [0.2, 0.25) is 0 Å². The smallest absolute Gasteiger partial charge is 0.257 e. The van der Waals surface area contributed by atoms with E-state index in [0.717, 1.165) is 12.1 Å². The molecule has 8 heteroatoms. The first-order valence-electron chi connectivity index (χ1n) is 5.75. The van der Waals surface area contributed by atoms with E-state index < -0.39 is 23.6 Å². The molecule has 1 atom stereocenters. The molecule has 1 aliphatic heterocycles. The molecule has 1 fully saturated rings. The molecule has 1 unspecified atom stereocenters. The van der Waals surface area contributed by atoms with Gasteiger partial charge in [0.05, 0.1) is 23.7 Å². The number of thiocarbonyl (C=S) groups is 1. The van der Waals surface area contributed by atoms with Crippen molar-refractivity contribution in [2.75, 3.05) is 19.7 Å². The summed E-state index contributed by atoms with van der Waals surface area (Å²) in [6.07, 6.45) is -0.581. The van der Waals surface area contributed by atoms with E-state index in [1.54, 1.807) is 0 Å². The zero-order chi connectivity index (χ0) is 14.9. The SMILES string of the molecule is NC(=S)C1CN(C(=O)c2cc(F)c(Cl)cc2F)CCO1. The monoisotopic (exact) mass is 320 g/mol. The summed E-state index contributed by atoms with van der Waals surface area (Å²) < 4.78 is 32.3. The van der Waals surface area contributed by atoms with Crippen LogP contribution in [0.3, 0.4) is 0 Å². The van der Waals surface area contributed by atoms with Gasteiger partial charge < -0.3 is 15.4 Å². The maximum atomic E-state index is 13.7. The molecule has 0 aliphatic carbocycles. The van der Waals surface area contributed by atoms with E-state index in [1.807, 2.05) is 0 Å². The lowest BCUT2D eigenvalue weighted by molar-refractivity contribution is 0.00854. The lowest BCUT2D eigenvalue weighted by atomic mass is 10.1.